The summed E-state index contributed by atoms with van der Waals surface area (Å²) in [7, 11) is 0. The predicted molar refractivity (Wildman–Crippen MR) is 169 cm³/mol. The molecule has 1 aromatic carbocycles. The first-order valence-corrected chi connectivity index (χ1v) is 15.3. The van der Waals surface area contributed by atoms with Gasteiger partial charge in [0.25, 0.3) is 0 Å². The predicted octanol–water partition coefficient (Wildman–Crippen LogP) is 5.52. The standard InChI is InChI=1S/C32H38N8O5/c1-32(2,3)45-31(43)36-23-13-15-39(16-14-23)24-12-9-21(18-33-24)26-27-28(40(19-34-27)25-6-4-5-17-44-25)38-30(37-26)35-22-10-7-20(8-11-22)29(41)42/h7-12,18-19,23,25H,4-6,13-17H2,1-3H3,(H,36,43)(H,41,42)(H,35,37,38). The normalized spacial score (nSPS) is 17.7. The van der Waals surface area contributed by atoms with Crippen LogP contribution in [0.4, 0.5) is 22.2 Å². The van der Waals surface area contributed by atoms with E-state index in [2.05, 4.69) is 15.5 Å². The summed E-state index contributed by atoms with van der Waals surface area (Å²) >= 11 is 0. The number of imidazole rings is 1. The maximum absolute atomic E-state index is 12.2. The van der Waals surface area contributed by atoms with E-state index in [1.807, 2.05) is 37.5 Å². The van der Waals surface area contributed by atoms with Crippen molar-refractivity contribution in [2.45, 2.75) is 70.7 Å². The number of hydrogen-bond donors (Lipinski definition) is 3. The molecular weight excluding hydrogens is 576 g/mol. The zero-order valence-electron chi connectivity index (χ0n) is 25.7. The second-order valence-corrected chi connectivity index (χ2v) is 12.4. The quantitative estimate of drug-likeness (QED) is 0.241. The summed E-state index contributed by atoms with van der Waals surface area (Å²) in [4.78, 5) is 44.8. The van der Waals surface area contributed by atoms with Crippen molar-refractivity contribution in [3.05, 3.63) is 54.5 Å². The highest BCUT2D eigenvalue weighted by atomic mass is 16.6. The van der Waals surface area contributed by atoms with E-state index in [-0.39, 0.29) is 23.9 Å². The van der Waals surface area contributed by atoms with Crippen molar-refractivity contribution in [2.75, 3.05) is 29.9 Å². The summed E-state index contributed by atoms with van der Waals surface area (Å²) in [5.41, 5.74) is 3.01. The molecule has 0 aliphatic carbocycles. The highest BCUT2D eigenvalue weighted by Crippen LogP contribution is 2.32. The van der Waals surface area contributed by atoms with E-state index >= 15 is 0 Å². The van der Waals surface area contributed by atoms with Crippen LogP contribution in [0.5, 0.6) is 0 Å². The lowest BCUT2D eigenvalue weighted by molar-refractivity contribution is -0.0298. The number of nitrogens with zero attached hydrogens (tertiary/aromatic N) is 6. The molecule has 5 heterocycles. The minimum atomic E-state index is -0.990. The summed E-state index contributed by atoms with van der Waals surface area (Å²) in [6.07, 6.45) is 7.53. The van der Waals surface area contributed by atoms with Crippen LogP contribution in [0.2, 0.25) is 0 Å². The molecule has 0 saturated carbocycles. The molecule has 3 aromatic heterocycles. The van der Waals surface area contributed by atoms with Crippen LogP contribution in [0.3, 0.4) is 0 Å². The van der Waals surface area contributed by atoms with E-state index in [1.165, 1.54) is 12.1 Å². The van der Waals surface area contributed by atoms with E-state index in [9.17, 15) is 14.7 Å². The lowest BCUT2D eigenvalue weighted by Crippen LogP contribution is -2.46. The Morgan fingerprint density at radius 2 is 1.78 bits per heavy atom. The molecule has 0 radical (unpaired) electrons. The van der Waals surface area contributed by atoms with Gasteiger partial charge in [-0.2, -0.15) is 4.98 Å². The Hall–Kier alpha value is -4.78. The molecule has 13 nitrogen and oxygen atoms in total. The summed E-state index contributed by atoms with van der Waals surface area (Å²) in [5, 5.41) is 15.5. The summed E-state index contributed by atoms with van der Waals surface area (Å²) in [6.45, 7) is 7.76. The molecule has 2 aliphatic rings. The second-order valence-electron chi connectivity index (χ2n) is 12.4. The molecule has 1 amide bonds. The molecule has 0 spiro atoms. The SMILES string of the molecule is CC(C)(C)OC(=O)NC1CCN(c2ccc(-c3nc(Nc4ccc(C(=O)O)cc4)nc4c3ncn4C3CCCCO3)cn2)CC1. The van der Waals surface area contributed by atoms with Crippen LogP contribution in [0.1, 0.15) is 69.5 Å². The number of carboxylic acid groups (broad SMARTS) is 1. The highest BCUT2D eigenvalue weighted by Gasteiger charge is 2.25. The van der Waals surface area contributed by atoms with Gasteiger partial charge in [-0.1, -0.05) is 0 Å². The first-order valence-electron chi connectivity index (χ1n) is 15.3. The van der Waals surface area contributed by atoms with Crippen molar-refractivity contribution in [3.63, 3.8) is 0 Å². The lowest BCUT2D eigenvalue weighted by atomic mass is 10.1. The maximum Gasteiger partial charge on any atom is 0.407 e. The van der Waals surface area contributed by atoms with Crippen LogP contribution in [0.15, 0.2) is 48.9 Å². The third kappa shape index (κ3) is 7.14. The summed E-state index contributed by atoms with van der Waals surface area (Å²) < 4.78 is 13.4. The molecule has 1 atom stereocenters. The van der Waals surface area contributed by atoms with Crippen molar-refractivity contribution in [3.8, 4) is 11.3 Å². The Morgan fingerprint density at radius 1 is 1.00 bits per heavy atom. The summed E-state index contributed by atoms with van der Waals surface area (Å²) in [6, 6.07) is 10.4. The number of carbonyl (C=O) groups is 2. The fourth-order valence-electron chi connectivity index (χ4n) is 5.59. The zero-order valence-corrected chi connectivity index (χ0v) is 25.7. The van der Waals surface area contributed by atoms with Crippen LogP contribution < -0.4 is 15.5 Å². The number of carbonyl (C=O) groups excluding carboxylic acids is 1. The second kappa shape index (κ2) is 12.7. The van der Waals surface area contributed by atoms with Crippen molar-refractivity contribution < 1.29 is 24.2 Å². The average molecular weight is 615 g/mol. The molecule has 45 heavy (non-hydrogen) atoms. The van der Waals surface area contributed by atoms with E-state index in [4.69, 9.17) is 29.4 Å². The van der Waals surface area contributed by atoms with Crippen molar-refractivity contribution in [2.24, 2.45) is 0 Å². The third-order valence-electron chi connectivity index (χ3n) is 7.84. The van der Waals surface area contributed by atoms with E-state index in [0.717, 1.165) is 56.6 Å². The van der Waals surface area contributed by atoms with Gasteiger partial charge in [-0.3, -0.25) is 4.57 Å². The Kier molecular flexibility index (Phi) is 8.52. The third-order valence-corrected chi connectivity index (χ3v) is 7.84. The van der Waals surface area contributed by atoms with E-state index in [1.54, 1.807) is 24.7 Å². The molecule has 2 fully saturated rings. The molecule has 4 aromatic rings. The van der Waals surface area contributed by atoms with Crippen LogP contribution in [0.25, 0.3) is 22.4 Å². The van der Waals surface area contributed by atoms with Gasteiger partial charge in [0.2, 0.25) is 5.95 Å². The topological polar surface area (TPSA) is 157 Å². The van der Waals surface area contributed by atoms with Crippen molar-refractivity contribution in [1.29, 1.82) is 0 Å². The van der Waals surface area contributed by atoms with E-state index in [0.29, 0.717) is 35.1 Å². The van der Waals surface area contributed by atoms with E-state index < -0.39 is 11.6 Å². The van der Waals surface area contributed by atoms with Gasteiger partial charge in [0.05, 0.1) is 11.9 Å². The number of aromatic carboxylic acids is 1. The maximum atomic E-state index is 12.2. The fraction of sp³-hybridized carbons (Fsp3) is 0.438. The number of alkyl carbamates (subject to hydrolysis) is 1. The number of ether oxygens (including phenoxy) is 2. The molecule has 6 rings (SSSR count). The Labute approximate surface area is 261 Å². The number of amides is 1. The Morgan fingerprint density at radius 3 is 2.42 bits per heavy atom. The highest BCUT2D eigenvalue weighted by molar-refractivity contribution is 5.89. The van der Waals surface area contributed by atoms with Gasteiger partial charge in [0, 0.05) is 43.2 Å². The number of pyridine rings is 1. The monoisotopic (exact) mass is 614 g/mol. The number of fused-ring (bicyclic) bond motifs is 1. The van der Waals surface area contributed by atoms with Crippen LogP contribution >= 0.6 is 0 Å². The fourth-order valence-corrected chi connectivity index (χ4v) is 5.59. The first kappa shape index (κ1) is 30.3. The molecular formula is C32H38N8O5. The van der Waals surface area contributed by atoms with Crippen LogP contribution in [0, 0.1) is 0 Å². The number of benzene rings is 1. The number of carboxylic acids is 1. The zero-order chi connectivity index (χ0) is 31.6. The summed E-state index contributed by atoms with van der Waals surface area (Å²) in [5.74, 6) is 0.204. The van der Waals surface area contributed by atoms with Crippen LogP contribution in [-0.2, 0) is 9.47 Å². The molecule has 3 N–H and O–H groups in total. The van der Waals surface area contributed by atoms with Gasteiger partial charge in [-0.15, -0.1) is 0 Å². The Bertz CT molecular complexity index is 1650. The van der Waals surface area contributed by atoms with Gasteiger partial charge in [0.1, 0.15) is 28.9 Å². The molecule has 1 unspecified atom stereocenters. The number of aromatic nitrogens is 5. The van der Waals surface area contributed by atoms with Crippen molar-refractivity contribution >= 4 is 40.7 Å². The first-order chi connectivity index (χ1) is 21.6. The molecule has 2 aliphatic heterocycles. The van der Waals surface area contributed by atoms with Gasteiger partial charge in [0.15, 0.2) is 5.65 Å². The lowest BCUT2D eigenvalue weighted by Gasteiger charge is -2.33. The Balaban J connectivity index is 1.23. The minimum absolute atomic E-state index is 0.0548. The largest absolute Gasteiger partial charge is 0.478 e. The molecule has 13 heteroatoms. The number of rotatable bonds is 7. The van der Waals surface area contributed by atoms with Gasteiger partial charge in [-0.05, 0) is 89.3 Å². The van der Waals surface area contributed by atoms with Crippen LogP contribution in [-0.4, -0.2) is 73.0 Å². The van der Waals surface area contributed by atoms with Gasteiger partial charge < -0.3 is 30.1 Å². The number of nitrogens with one attached hydrogen (secondary N) is 2. The average Bonchev–Trinajstić information content (AvgIpc) is 3.45. The number of piperidine rings is 1. The smallest absolute Gasteiger partial charge is 0.407 e. The number of anilines is 3. The van der Waals surface area contributed by atoms with Gasteiger partial charge >= 0.3 is 12.1 Å². The molecule has 0 bridgehead atoms. The molecule has 236 valence electrons. The minimum Gasteiger partial charge on any atom is -0.478 e. The van der Waals surface area contributed by atoms with Gasteiger partial charge in [-0.25, -0.2) is 24.5 Å². The number of hydrogen-bond acceptors (Lipinski definition) is 10. The molecule has 2 saturated heterocycles. The van der Waals surface area contributed by atoms with Crippen molar-refractivity contribution in [1.82, 2.24) is 29.8 Å².